The Hall–Kier alpha value is -7.42. The van der Waals surface area contributed by atoms with E-state index in [1.807, 2.05) is 12.1 Å². The van der Waals surface area contributed by atoms with Crippen LogP contribution in [0.15, 0.2) is 205 Å². The summed E-state index contributed by atoms with van der Waals surface area (Å²) in [4.78, 5) is 2.38. The van der Waals surface area contributed by atoms with E-state index in [1.54, 1.807) is 0 Å². The van der Waals surface area contributed by atoms with Crippen LogP contribution in [0.25, 0.3) is 98.8 Å². The number of rotatable bonds is 5. The normalized spacial score (nSPS) is 11.9. The molecule has 0 unspecified atom stereocenters. The molecule has 1 aliphatic rings. The largest absolute Gasteiger partial charge is 0.455 e. The Labute approximate surface area is 324 Å². The predicted molar refractivity (Wildman–Crippen MR) is 236 cm³/mol. The number of anilines is 3. The third-order valence-corrected chi connectivity index (χ3v) is 11.8. The first-order valence-corrected chi connectivity index (χ1v) is 19.2. The number of hydrogen-bond donors (Lipinski definition) is 0. The number of para-hydroxylation sites is 2. The van der Waals surface area contributed by atoms with Crippen molar-refractivity contribution in [1.29, 1.82) is 0 Å². The molecule has 0 spiro atoms. The first-order valence-electron chi connectivity index (χ1n) is 19.2. The van der Waals surface area contributed by atoms with Gasteiger partial charge in [-0.2, -0.15) is 0 Å². The van der Waals surface area contributed by atoms with Gasteiger partial charge in [0.15, 0.2) is 0 Å². The van der Waals surface area contributed by atoms with Crippen molar-refractivity contribution in [3.63, 3.8) is 0 Å². The molecule has 0 N–H and O–H groups in total. The van der Waals surface area contributed by atoms with Gasteiger partial charge in [0.2, 0.25) is 0 Å². The molecule has 0 amide bonds. The molecule has 12 rings (SSSR count). The Kier molecular flexibility index (Phi) is 6.66. The quantitative estimate of drug-likeness (QED) is 0.165. The molecular formula is C54H33NO. The van der Waals surface area contributed by atoms with Gasteiger partial charge in [-0.05, 0) is 120 Å². The average Bonchev–Trinajstić information content (AvgIpc) is 3.81. The van der Waals surface area contributed by atoms with Crippen LogP contribution in [0.5, 0.6) is 0 Å². The Morgan fingerprint density at radius 2 is 0.893 bits per heavy atom. The summed E-state index contributed by atoms with van der Waals surface area (Å²) >= 11 is 0. The summed E-state index contributed by atoms with van der Waals surface area (Å²) in [7, 11) is 0. The highest BCUT2D eigenvalue weighted by Crippen LogP contribution is 2.50. The van der Waals surface area contributed by atoms with E-state index in [4.69, 9.17) is 4.42 Å². The number of furan rings is 1. The van der Waals surface area contributed by atoms with E-state index in [2.05, 4.69) is 193 Å². The van der Waals surface area contributed by atoms with E-state index in [-0.39, 0.29) is 0 Å². The fourth-order valence-corrected chi connectivity index (χ4v) is 9.13. The zero-order chi connectivity index (χ0) is 36.7. The lowest BCUT2D eigenvalue weighted by atomic mass is 9.97. The minimum atomic E-state index is 0.910. The van der Waals surface area contributed by atoms with Gasteiger partial charge in [-0.3, -0.25) is 0 Å². The topological polar surface area (TPSA) is 16.4 Å². The molecule has 0 saturated heterocycles. The van der Waals surface area contributed by atoms with Crippen molar-refractivity contribution in [2.75, 3.05) is 4.90 Å². The fraction of sp³-hybridized carbons (Fsp3) is 0. The summed E-state index contributed by atoms with van der Waals surface area (Å²) in [6.45, 7) is 0. The Morgan fingerprint density at radius 1 is 0.304 bits per heavy atom. The smallest absolute Gasteiger partial charge is 0.143 e. The van der Waals surface area contributed by atoms with Gasteiger partial charge < -0.3 is 9.32 Å². The lowest BCUT2D eigenvalue weighted by Crippen LogP contribution is -2.10. The Bertz CT molecular complexity index is 3350. The van der Waals surface area contributed by atoms with Crippen LogP contribution in [0.2, 0.25) is 0 Å². The maximum absolute atomic E-state index is 6.43. The van der Waals surface area contributed by atoms with Crippen molar-refractivity contribution in [1.82, 2.24) is 0 Å². The van der Waals surface area contributed by atoms with Crippen LogP contribution in [0.1, 0.15) is 0 Å². The molecule has 0 aliphatic heterocycles. The number of benzene rings is 10. The van der Waals surface area contributed by atoms with Gasteiger partial charge >= 0.3 is 0 Å². The summed E-state index contributed by atoms with van der Waals surface area (Å²) in [5, 5.41) is 9.98. The molecule has 0 fully saturated rings. The predicted octanol–water partition coefficient (Wildman–Crippen LogP) is 15.5. The van der Waals surface area contributed by atoms with Crippen molar-refractivity contribution in [2.45, 2.75) is 0 Å². The minimum Gasteiger partial charge on any atom is -0.455 e. The molecule has 1 aliphatic carbocycles. The van der Waals surface area contributed by atoms with Crippen molar-refractivity contribution in [3.8, 4) is 44.5 Å². The molecule has 0 radical (unpaired) electrons. The molecule has 2 heteroatoms. The average molecular weight is 712 g/mol. The van der Waals surface area contributed by atoms with Gasteiger partial charge in [-0.15, -0.1) is 0 Å². The minimum absolute atomic E-state index is 0.910. The summed E-state index contributed by atoms with van der Waals surface area (Å²) in [6, 6.07) is 72.8. The molecule has 0 bridgehead atoms. The maximum atomic E-state index is 6.43. The van der Waals surface area contributed by atoms with E-state index in [9.17, 15) is 0 Å². The zero-order valence-corrected chi connectivity index (χ0v) is 30.4. The van der Waals surface area contributed by atoms with Crippen LogP contribution < -0.4 is 4.90 Å². The third-order valence-electron chi connectivity index (χ3n) is 11.8. The van der Waals surface area contributed by atoms with Crippen molar-refractivity contribution >= 4 is 71.3 Å². The van der Waals surface area contributed by atoms with Gasteiger partial charge in [-0.25, -0.2) is 0 Å². The summed E-state index contributed by atoms with van der Waals surface area (Å²) < 4.78 is 6.43. The van der Waals surface area contributed by atoms with E-state index < -0.39 is 0 Å². The van der Waals surface area contributed by atoms with Gasteiger partial charge in [0.05, 0.1) is 0 Å². The van der Waals surface area contributed by atoms with Crippen LogP contribution in [0.4, 0.5) is 17.1 Å². The maximum Gasteiger partial charge on any atom is 0.143 e. The first-order chi connectivity index (χ1) is 27.7. The molecule has 2 nitrogen and oxygen atoms in total. The van der Waals surface area contributed by atoms with E-state index in [0.717, 1.165) is 50.1 Å². The summed E-state index contributed by atoms with van der Waals surface area (Å²) in [6.07, 6.45) is 0. The molecule has 1 aromatic heterocycles. The lowest BCUT2D eigenvalue weighted by molar-refractivity contribution is 0.670. The van der Waals surface area contributed by atoms with Crippen LogP contribution in [-0.4, -0.2) is 0 Å². The van der Waals surface area contributed by atoms with E-state index in [1.165, 1.54) is 65.7 Å². The summed E-state index contributed by atoms with van der Waals surface area (Å²) in [5.41, 5.74) is 14.9. The second-order valence-electron chi connectivity index (χ2n) is 14.9. The molecule has 260 valence electrons. The third kappa shape index (κ3) is 4.69. The van der Waals surface area contributed by atoms with Crippen molar-refractivity contribution in [3.05, 3.63) is 200 Å². The second kappa shape index (κ2) is 12.0. The Balaban J connectivity index is 0.971. The Morgan fingerprint density at radius 3 is 1.71 bits per heavy atom. The zero-order valence-electron chi connectivity index (χ0n) is 30.4. The van der Waals surface area contributed by atoms with Crippen molar-refractivity contribution < 1.29 is 4.42 Å². The van der Waals surface area contributed by atoms with E-state index in [0.29, 0.717) is 0 Å². The molecule has 1 heterocycles. The molecule has 10 aromatic carbocycles. The second-order valence-corrected chi connectivity index (χ2v) is 14.9. The van der Waals surface area contributed by atoms with Gasteiger partial charge in [0, 0.05) is 33.4 Å². The van der Waals surface area contributed by atoms with Gasteiger partial charge in [0.25, 0.3) is 0 Å². The molecule has 0 saturated carbocycles. The molecule has 56 heavy (non-hydrogen) atoms. The SMILES string of the molecule is c1cc2c3c(cccc3c1)-c1cc(N(c3ccc(-c4ccc5c(ccc6ccccc65)c4)cc3)c3ccc(-c4cccc5c4oc4ccccc45)cc3)ccc1-2. The van der Waals surface area contributed by atoms with E-state index >= 15 is 0 Å². The lowest BCUT2D eigenvalue weighted by Gasteiger charge is -2.26. The highest BCUT2D eigenvalue weighted by Gasteiger charge is 2.23. The number of fused-ring (bicyclic) bond motifs is 9. The van der Waals surface area contributed by atoms with Gasteiger partial charge in [0.1, 0.15) is 11.2 Å². The first kappa shape index (κ1) is 31.0. The molecule has 11 aromatic rings. The number of nitrogens with zero attached hydrogens (tertiary/aromatic N) is 1. The molecule has 0 atom stereocenters. The van der Waals surface area contributed by atoms with Crippen LogP contribution in [0, 0.1) is 0 Å². The van der Waals surface area contributed by atoms with Crippen LogP contribution in [-0.2, 0) is 0 Å². The fourth-order valence-electron chi connectivity index (χ4n) is 9.13. The number of hydrogen-bond acceptors (Lipinski definition) is 2. The monoisotopic (exact) mass is 711 g/mol. The molecular weight excluding hydrogens is 679 g/mol. The van der Waals surface area contributed by atoms with Crippen molar-refractivity contribution in [2.24, 2.45) is 0 Å². The van der Waals surface area contributed by atoms with Crippen LogP contribution >= 0.6 is 0 Å². The van der Waals surface area contributed by atoms with Gasteiger partial charge in [-0.1, -0.05) is 152 Å². The highest BCUT2D eigenvalue weighted by atomic mass is 16.3. The highest BCUT2D eigenvalue weighted by molar-refractivity contribution is 6.16. The standard InChI is InChI=1S/C54H33NO/c1-2-11-43-35(8-1)18-19-39-32-38(24-30-44(39)43)34-20-25-40(26-21-34)55(42-29-31-46-48-14-5-9-37-10-6-15-49(53(37)48)51(46)33-42)41-27-22-36(23-28-41)45-13-7-16-50-47-12-3-4-17-52(47)56-54(45)50/h1-33H. The van der Waals surface area contributed by atoms with Crippen LogP contribution in [0.3, 0.4) is 0 Å². The summed E-state index contributed by atoms with van der Waals surface area (Å²) in [5.74, 6) is 0.